The van der Waals surface area contributed by atoms with E-state index in [1.807, 2.05) is 0 Å². The lowest BCUT2D eigenvalue weighted by atomic mass is 9.59. The molecule has 0 aromatic heterocycles. The Morgan fingerprint density at radius 3 is 2.20 bits per heavy atom. The van der Waals surface area contributed by atoms with E-state index in [2.05, 4.69) is 19.6 Å². The Hall–Kier alpha value is 0.162. The van der Waals surface area contributed by atoms with E-state index in [0.29, 0.717) is 5.92 Å². The van der Waals surface area contributed by atoms with Gasteiger partial charge in [-0.2, -0.15) is 0 Å². The average molecular weight is 298 g/mol. The van der Waals surface area contributed by atoms with Crippen LogP contribution < -0.4 is 0 Å². The minimum Gasteiger partial charge on any atom is -0.413 e. The molecule has 20 heavy (non-hydrogen) atoms. The van der Waals surface area contributed by atoms with Crippen LogP contribution in [0.1, 0.15) is 44.9 Å². The molecule has 0 bridgehead atoms. The Balaban J connectivity index is 2.30. The van der Waals surface area contributed by atoms with E-state index in [-0.39, 0.29) is 12.6 Å². The third kappa shape index (κ3) is 3.32. The summed E-state index contributed by atoms with van der Waals surface area (Å²) >= 11 is 0. The van der Waals surface area contributed by atoms with Gasteiger partial charge in [0.05, 0.1) is 5.50 Å². The lowest BCUT2D eigenvalue weighted by Gasteiger charge is -2.43. The highest BCUT2D eigenvalue weighted by atomic mass is 28.4. The van der Waals surface area contributed by atoms with Gasteiger partial charge in [0, 0.05) is 14.2 Å². The van der Waals surface area contributed by atoms with Crippen molar-refractivity contribution in [2.45, 2.75) is 70.1 Å². The standard InChI is InChI=1S/C15H31BO3Si/c1-17-16(18-2)15(19-20(3,4)5)12-11-13-9-7-6-8-10-14(13)15/h13-14H,6-12H2,1-5H3. The average Bonchev–Trinajstić information content (AvgIpc) is 2.57. The third-order valence-electron chi connectivity index (χ3n) is 5.02. The van der Waals surface area contributed by atoms with Crippen LogP contribution in [-0.4, -0.2) is 35.2 Å². The molecule has 0 heterocycles. The lowest BCUT2D eigenvalue weighted by Crippen LogP contribution is -2.58. The Morgan fingerprint density at radius 2 is 1.60 bits per heavy atom. The predicted molar refractivity (Wildman–Crippen MR) is 86.2 cm³/mol. The van der Waals surface area contributed by atoms with Crippen molar-refractivity contribution < 1.29 is 13.7 Å². The first kappa shape index (κ1) is 16.5. The molecule has 0 spiro atoms. The first-order valence-electron chi connectivity index (χ1n) is 8.19. The summed E-state index contributed by atoms with van der Waals surface area (Å²) in [6.07, 6.45) is 9.10. The van der Waals surface area contributed by atoms with Crippen molar-refractivity contribution in [2.75, 3.05) is 14.2 Å². The molecule has 0 N–H and O–H groups in total. The fraction of sp³-hybridized carbons (Fsp3) is 1.00. The van der Waals surface area contributed by atoms with Crippen LogP contribution in [0.2, 0.25) is 19.6 Å². The molecule has 3 unspecified atom stereocenters. The first-order chi connectivity index (χ1) is 9.43. The number of hydrogen-bond acceptors (Lipinski definition) is 3. The molecule has 2 rings (SSSR count). The maximum atomic E-state index is 6.74. The van der Waals surface area contributed by atoms with E-state index >= 15 is 0 Å². The Labute approximate surface area is 126 Å². The second-order valence-electron chi connectivity index (χ2n) is 7.52. The summed E-state index contributed by atoms with van der Waals surface area (Å²) in [4.78, 5) is 0. The molecule has 2 saturated carbocycles. The molecule has 2 fully saturated rings. The summed E-state index contributed by atoms with van der Waals surface area (Å²) in [6.45, 7) is 6.84. The minimum atomic E-state index is -1.64. The normalized spacial score (nSPS) is 34.6. The van der Waals surface area contributed by atoms with Gasteiger partial charge in [0.15, 0.2) is 8.32 Å². The van der Waals surface area contributed by atoms with E-state index in [4.69, 9.17) is 13.7 Å². The lowest BCUT2D eigenvalue weighted by molar-refractivity contribution is 0.0378. The number of rotatable bonds is 5. The SMILES string of the molecule is COB(OC)C1(O[Si](C)(C)C)CCC2CCCCCC21. The number of fused-ring (bicyclic) bond motifs is 1. The Bertz CT molecular complexity index is 317. The molecular formula is C15H31BO3Si. The van der Waals surface area contributed by atoms with E-state index in [9.17, 15) is 0 Å². The van der Waals surface area contributed by atoms with E-state index in [1.165, 1.54) is 38.5 Å². The summed E-state index contributed by atoms with van der Waals surface area (Å²) in [6, 6.07) is 0. The molecule has 116 valence electrons. The van der Waals surface area contributed by atoms with Crippen LogP contribution >= 0.6 is 0 Å². The van der Waals surface area contributed by atoms with Crippen molar-refractivity contribution in [3.05, 3.63) is 0 Å². The summed E-state index contributed by atoms with van der Waals surface area (Å²) in [5, 5.41) is 0. The van der Waals surface area contributed by atoms with Gasteiger partial charge in [-0.1, -0.05) is 25.7 Å². The summed E-state index contributed by atoms with van der Waals surface area (Å²) in [5.41, 5.74) is -0.205. The van der Waals surface area contributed by atoms with Crippen LogP contribution in [0, 0.1) is 11.8 Å². The topological polar surface area (TPSA) is 27.7 Å². The van der Waals surface area contributed by atoms with E-state index < -0.39 is 8.32 Å². The molecule has 0 aromatic carbocycles. The zero-order valence-corrected chi connectivity index (χ0v) is 14.9. The maximum absolute atomic E-state index is 6.74. The van der Waals surface area contributed by atoms with Crippen molar-refractivity contribution in [3.63, 3.8) is 0 Å². The van der Waals surface area contributed by atoms with Gasteiger partial charge in [0.1, 0.15) is 0 Å². The van der Waals surface area contributed by atoms with E-state index in [0.717, 1.165) is 12.3 Å². The van der Waals surface area contributed by atoms with Gasteiger partial charge in [-0.3, -0.25) is 0 Å². The van der Waals surface area contributed by atoms with Crippen LogP contribution in [0.5, 0.6) is 0 Å². The van der Waals surface area contributed by atoms with Crippen molar-refractivity contribution in [3.8, 4) is 0 Å². The van der Waals surface area contributed by atoms with E-state index in [1.54, 1.807) is 14.2 Å². The Kier molecular flexibility index (Phi) is 5.38. The predicted octanol–water partition coefficient (Wildman–Crippen LogP) is 3.89. The zero-order valence-electron chi connectivity index (χ0n) is 13.9. The van der Waals surface area contributed by atoms with Crippen LogP contribution in [0.4, 0.5) is 0 Å². The highest BCUT2D eigenvalue weighted by Crippen LogP contribution is 2.51. The smallest absolute Gasteiger partial charge is 0.413 e. The second-order valence-corrected chi connectivity index (χ2v) is 11.9. The van der Waals surface area contributed by atoms with Gasteiger partial charge in [-0.25, -0.2) is 0 Å². The van der Waals surface area contributed by atoms with Crippen molar-refractivity contribution >= 4 is 15.4 Å². The molecule has 2 aliphatic rings. The van der Waals surface area contributed by atoms with Crippen LogP contribution in [-0.2, 0) is 13.7 Å². The molecule has 0 radical (unpaired) electrons. The van der Waals surface area contributed by atoms with Gasteiger partial charge in [0.25, 0.3) is 0 Å². The maximum Gasteiger partial charge on any atom is 0.489 e. The van der Waals surface area contributed by atoms with Gasteiger partial charge in [-0.05, 0) is 50.7 Å². The largest absolute Gasteiger partial charge is 0.489 e. The molecule has 0 saturated heterocycles. The molecule has 3 nitrogen and oxygen atoms in total. The minimum absolute atomic E-state index is 0.205. The van der Waals surface area contributed by atoms with Crippen LogP contribution in [0.25, 0.3) is 0 Å². The summed E-state index contributed by atoms with van der Waals surface area (Å²) < 4.78 is 18.1. The molecular weight excluding hydrogens is 267 g/mol. The molecule has 0 aromatic rings. The van der Waals surface area contributed by atoms with Gasteiger partial charge in [0.2, 0.25) is 0 Å². The second kappa shape index (κ2) is 6.51. The molecule has 0 amide bonds. The van der Waals surface area contributed by atoms with Crippen LogP contribution in [0.15, 0.2) is 0 Å². The monoisotopic (exact) mass is 298 g/mol. The molecule has 3 atom stereocenters. The van der Waals surface area contributed by atoms with Crippen molar-refractivity contribution in [1.29, 1.82) is 0 Å². The fourth-order valence-corrected chi connectivity index (χ4v) is 5.99. The number of hydrogen-bond donors (Lipinski definition) is 0. The zero-order chi connectivity index (χ0) is 14.8. The van der Waals surface area contributed by atoms with Crippen molar-refractivity contribution in [2.24, 2.45) is 11.8 Å². The molecule has 0 aliphatic heterocycles. The quantitative estimate of drug-likeness (QED) is 0.721. The van der Waals surface area contributed by atoms with Crippen molar-refractivity contribution in [1.82, 2.24) is 0 Å². The van der Waals surface area contributed by atoms with Gasteiger partial charge >= 0.3 is 7.12 Å². The Morgan fingerprint density at radius 1 is 0.950 bits per heavy atom. The third-order valence-corrected chi connectivity index (χ3v) is 6.01. The van der Waals surface area contributed by atoms with Crippen LogP contribution in [0.3, 0.4) is 0 Å². The van der Waals surface area contributed by atoms with Gasteiger partial charge < -0.3 is 13.7 Å². The molecule has 2 aliphatic carbocycles. The summed E-state index contributed by atoms with van der Waals surface area (Å²) in [5.74, 6) is 1.42. The van der Waals surface area contributed by atoms with Gasteiger partial charge in [-0.15, -0.1) is 0 Å². The highest BCUT2D eigenvalue weighted by Gasteiger charge is 2.59. The molecule has 5 heteroatoms. The fourth-order valence-electron chi connectivity index (χ4n) is 4.50. The summed E-state index contributed by atoms with van der Waals surface area (Å²) in [7, 11) is 1.65. The first-order valence-corrected chi connectivity index (χ1v) is 11.6. The highest BCUT2D eigenvalue weighted by molar-refractivity contribution is 6.70.